The SMILES string of the molecule is CCC1CCCN(c2sc(C#N)c(N)c2C(=O)OC)C1. The van der Waals surface area contributed by atoms with E-state index in [2.05, 4.69) is 17.9 Å². The number of nitrogen functional groups attached to an aromatic ring is 1. The highest BCUT2D eigenvalue weighted by atomic mass is 32.1. The largest absolute Gasteiger partial charge is 0.465 e. The first kappa shape index (κ1) is 14.7. The number of nitrogens with zero attached hydrogens (tertiary/aromatic N) is 2. The summed E-state index contributed by atoms with van der Waals surface area (Å²) in [7, 11) is 1.33. The second-order valence-corrected chi connectivity index (χ2v) is 5.99. The molecular weight excluding hydrogens is 274 g/mol. The summed E-state index contributed by atoms with van der Waals surface area (Å²) in [5, 5.41) is 9.90. The van der Waals surface area contributed by atoms with E-state index in [0.717, 1.165) is 30.9 Å². The Bertz CT molecular complexity index is 547. The molecule has 1 fully saturated rings. The van der Waals surface area contributed by atoms with Crippen LogP contribution in [0.25, 0.3) is 0 Å². The number of ether oxygens (including phenoxy) is 1. The minimum atomic E-state index is -0.464. The molecule has 0 bridgehead atoms. The Hall–Kier alpha value is -1.74. The lowest BCUT2D eigenvalue weighted by Crippen LogP contribution is -2.35. The summed E-state index contributed by atoms with van der Waals surface area (Å²) in [6, 6.07) is 2.06. The monoisotopic (exact) mass is 293 g/mol. The number of carbonyl (C=O) groups is 1. The van der Waals surface area contributed by atoms with E-state index >= 15 is 0 Å². The zero-order chi connectivity index (χ0) is 14.7. The average Bonchev–Trinajstić information content (AvgIpc) is 2.83. The first-order valence-electron chi connectivity index (χ1n) is 6.77. The number of hydrogen-bond donors (Lipinski definition) is 1. The maximum atomic E-state index is 11.9. The van der Waals surface area contributed by atoms with Crippen molar-refractivity contribution in [3.63, 3.8) is 0 Å². The summed E-state index contributed by atoms with van der Waals surface area (Å²) in [6.07, 6.45) is 3.43. The van der Waals surface area contributed by atoms with Crippen molar-refractivity contribution in [3.8, 4) is 6.07 Å². The third kappa shape index (κ3) is 2.59. The average molecular weight is 293 g/mol. The van der Waals surface area contributed by atoms with Gasteiger partial charge in [-0.25, -0.2) is 4.79 Å². The molecule has 6 heteroatoms. The van der Waals surface area contributed by atoms with Gasteiger partial charge in [0.1, 0.15) is 21.5 Å². The number of methoxy groups -OCH3 is 1. The molecule has 1 aliphatic rings. The van der Waals surface area contributed by atoms with E-state index in [1.54, 1.807) is 0 Å². The molecule has 108 valence electrons. The molecule has 1 aromatic rings. The molecule has 1 atom stereocenters. The number of anilines is 2. The fourth-order valence-corrected chi connectivity index (χ4v) is 3.66. The second-order valence-electron chi connectivity index (χ2n) is 4.99. The highest BCUT2D eigenvalue weighted by Gasteiger charge is 2.29. The van der Waals surface area contributed by atoms with Crippen molar-refractivity contribution in [2.24, 2.45) is 5.92 Å². The van der Waals surface area contributed by atoms with E-state index in [0.29, 0.717) is 16.4 Å². The summed E-state index contributed by atoms with van der Waals surface area (Å²) in [4.78, 5) is 14.5. The molecule has 20 heavy (non-hydrogen) atoms. The maximum Gasteiger partial charge on any atom is 0.343 e. The zero-order valence-electron chi connectivity index (χ0n) is 11.8. The van der Waals surface area contributed by atoms with Crippen LogP contribution in [-0.4, -0.2) is 26.2 Å². The van der Waals surface area contributed by atoms with Crippen molar-refractivity contribution in [2.45, 2.75) is 26.2 Å². The smallest absolute Gasteiger partial charge is 0.343 e. The first-order chi connectivity index (χ1) is 9.62. The predicted octanol–water partition coefficient (Wildman–Crippen LogP) is 2.61. The van der Waals surface area contributed by atoms with Gasteiger partial charge < -0.3 is 15.4 Å². The molecule has 1 aromatic heterocycles. The number of hydrogen-bond acceptors (Lipinski definition) is 6. The second kappa shape index (κ2) is 6.14. The van der Waals surface area contributed by atoms with Gasteiger partial charge in [0.15, 0.2) is 0 Å². The Labute approximate surface area is 122 Å². The third-order valence-corrected chi connectivity index (χ3v) is 4.97. The van der Waals surface area contributed by atoms with Crippen LogP contribution in [0.15, 0.2) is 0 Å². The molecule has 2 rings (SSSR count). The van der Waals surface area contributed by atoms with Crippen LogP contribution in [0.1, 0.15) is 41.4 Å². The van der Waals surface area contributed by atoms with Crippen molar-refractivity contribution in [1.82, 2.24) is 0 Å². The fraction of sp³-hybridized carbons (Fsp3) is 0.571. The molecule has 0 saturated carbocycles. The summed E-state index contributed by atoms with van der Waals surface area (Å²) in [5.74, 6) is 0.164. The highest BCUT2D eigenvalue weighted by molar-refractivity contribution is 7.17. The lowest BCUT2D eigenvalue weighted by molar-refractivity contribution is 0.0603. The summed E-state index contributed by atoms with van der Waals surface area (Å²) >= 11 is 1.29. The van der Waals surface area contributed by atoms with Crippen molar-refractivity contribution < 1.29 is 9.53 Å². The number of rotatable bonds is 3. The van der Waals surface area contributed by atoms with Gasteiger partial charge in [-0.15, -0.1) is 11.3 Å². The van der Waals surface area contributed by atoms with Gasteiger partial charge in [-0.3, -0.25) is 0 Å². The van der Waals surface area contributed by atoms with Crippen molar-refractivity contribution in [1.29, 1.82) is 5.26 Å². The van der Waals surface area contributed by atoms with Crippen LogP contribution in [0, 0.1) is 17.2 Å². The molecular formula is C14H19N3O2S. The van der Waals surface area contributed by atoms with E-state index in [1.165, 1.54) is 24.9 Å². The molecule has 1 saturated heterocycles. The van der Waals surface area contributed by atoms with Gasteiger partial charge in [-0.1, -0.05) is 13.3 Å². The molecule has 0 aliphatic carbocycles. The number of nitrogens with two attached hydrogens (primary N) is 1. The summed E-state index contributed by atoms with van der Waals surface area (Å²) in [6.45, 7) is 3.98. The predicted molar refractivity (Wildman–Crippen MR) is 80.0 cm³/mol. The molecule has 1 aliphatic heterocycles. The van der Waals surface area contributed by atoms with Crippen LogP contribution in [0.5, 0.6) is 0 Å². The number of esters is 1. The van der Waals surface area contributed by atoms with E-state index in [1.807, 2.05) is 0 Å². The maximum absolute atomic E-state index is 11.9. The van der Waals surface area contributed by atoms with Gasteiger partial charge in [-0.05, 0) is 18.8 Å². The Kier molecular flexibility index (Phi) is 4.50. The molecule has 0 spiro atoms. The van der Waals surface area contributed by atoms with Crippen molar-refractivity contribution in [2.75, 3.05) is 30.8 Å². The van der Waals surface area contributed by atoms with Crippen LogP contribution >= 0.6 is 11.3 Å². The van der Waals surface area contributed by atoms with E-state index in [4.69, 9.17) is 15.7 Å². The number of carbonyl (C=O) groups excluding carboxylic acids is 1. The quantitative estimate of drug-likeness (QED) is 0.867. The van der Waals surface area contributed by atoms with Gasteiger partial charge >= 0.3 is 5.97 Å². The molecule has 0 amide bonds. The Morgan fingerprint density at radius 1 is 1.65 bits per heavy atom. The van der Waals surface area contributed by atoms with Crippen molar-refractivity contribution >= 4 is 28.0 Å². The van der Waals surface area contributed by atoms with E-state index < -0.39 is 5.97 Å². The van der Waals surface area contributed by atoms with E-state index in [9.17, 15) is 4.79 Å². The van der Waals surface area contributed by atoms with Crippen LogP contribution in [0.3, 0.4) is 0 Å². The van der Waals surface area contributed by atoms with Crippen LogP contribution in [-0.2, 0) is 4.74 Å². The van der Waals surface area contributed by atoms with E-state index in [-0.39, 0.29) is 5.69 Å². The Morgan fingerprint density at radius 2 is 2.40 bits per heavy atom. The topological polar surface area (TPSA) is 79.4 Å². The minimum Gasteiger partial charge on any atom is -0.465 e. The lowest BCUT2D eigenvalue weighted by atomic mass is 9.95. The van der Waals surface area contributed by atoms with Gasteiger partial charge in [0.2, 0.25) is 0 Å². The molecule has 0 radical (unpaired) electrons. The molecule has 0 aromatic carbocycles. The highest BCUT2D eigenvalue weighted by Crippen LogP contribution is 2.40. The Balaban J connectivity index is 2.40. The van der Waals surface area contributed by atoms with Crippen molar-refractivity contribution in [3.05, 3.63) is 10.4 Å². The Morgan fingerprint density at radius 3 is 3.00 bits per heavy atom. The van der Waals surface area contributed by atoms with Gasteiger partial charge in [0.25, 0.3) is 0 Å². The lowest BCUT2D eigenvalue weighted by Gasteiger charge is -2.33. The summed E-state index contributed by atoms with van der Waals surface area (Å²) in [5.41, 5.74) is 6.53. The van der Waals surface area contributed by atoms with Crippen LogP contribution in [0.2, 0.25) is 0 Å². The van der Waals surface area contributed by atoms with Gasteiger partial charge in [0, 0.05) is 13.1 Å². The number of thiophene rings is 1. The molecule has 2 heterocycles. The third-order valence-electron chi connectivity index (χ3n) is 3.80. The first-order valence-corrected chi connectivity index (χ1v) is 7.59. The normalized spacial score (nSPS) is 18.6. The van der Waals surface area contributed by atoms with Gasteiger partial charge in [-0.2, -0.15) is 5.26 Å². The standard InChI is InChI=1S/C14H19N3O2S/c1-3-9-5-4-6-17(8-9)13-11(14(18)19-2)12(16)10(7-15)20-13/h9H,3-6,8,16H2,1-2H3. The molecule has 1 unspecified atom stereocenters. The van der Waals surface area contributed by atoms with Gasteiger partial charge in [0.05, 0.1) is 12.8 Å². The summed E-state index contributed by atoms with van der Waals surface area (Å²) < 4.78 is 4.81. The molecule has 5 nitrogen and oxygen atoms in total. The van der Waals surface area contributed by atoms with Crippen LogP contribution in [0.4, 0.5) is 10.7 Å². The fourth-order valence-electron chi connectivity index (χ4n) is 2.62. The van der Waals surface area contributed by atoms with Crippen LogP contribution < -0.4 is 10.6 Å². The minimum absolute atomic E-state index is 0.248. The molecule has 2 N–H and O–H groups in total. The number of nitriles is 1. The zero-order valence-corrected chi connectivity index (χ0v) is 12.6. The number of piperidine rings is 1.